The molecule has 1 aromatic heterocycles. The van der Waals surface area contributed by atoms with Crippen molar-refractivity contribution in [2.75, 3.05) is 0 Å². The number of benzene rings is 1. The molecule has 0 unspecified atom stereocenters. The van der Waals surface area contributed by atoms with Crippen molar-refractivity contribution < 1.29 is 63.3 Å². The van der Waals surface area contributed by atoms with Crippen LogP contribution in [-0.2, 0) is 0 Å². The van der Waals surface area contributed by atoms with Crippen LogP contribution in [0.5, 0.6) is 5.75 Å². The second-order valence-electron chi connectivity index (χ2n) is 2.33. The number of rotatable bonds is 0. The van der Waals surface area contributed by atoms with Crippen molar-refractivity contribution in [2.45, 2.75) is 0 Å². The zero-order chi connectivity index (χ0) is 7.68. The molecule has 2 aromatic rings. The predicted molar refractivity (Wildman–Crippen MR) is 41.2 cm³/mol. The van der Waals surface area contributed by atoms with Crippen LogP contribution in [0.2, 0.25) is 0 Å². The van der Waals surface area contributed by atoms with Gasteiger partial charge in [0.05, 0.1) is 5.52 Å². The number of hydrogen-bond donors (Lipinski definition) is 0. The maximum Gasteiger partial charge on any atom is 1.00 e. The number of fused-ring (bicyclic) bond motifs is 1. The van der Waals surface area contributed by atoms with Gasteiger partial charge in [-0.2, -0.15) is 0 Å². The molecule has 1 heterocycles. The van der Waals surface area contributed by atoms with E-state index in [0.717, 1.165) is 5.39 Å². The molecule has 2 rings (SSSR count). The van der Waals surface area contributed by atoms with Crippen LogP contribution in [0.3, 0.4) is 0 Å². The van der Waals surface area contributed by atoms with E-state index in [9.17, 15) is 5.11 Å². The molecule has 0 bridgehead atoms. The zero-order valence-electron chi connectivity index (χ0n) is 6.82. The molecule has 0 saturated carbocycles. The Hall–Kier alpha value is 0.235. The van der Waals surface area contributed by atoms with Gasteiger partial charge in [0.25, 0.3) is 0 Å². The summed E-state index contributed by atoms with van der Waals surface area (Å²) >= 11 is 0. The van der Waals surface area contributed by atoms with Crippen LogP contribution in [0.15, 0.2) is 36.5 Å². The molecule has 0 amide bonds. The molecule has 0 saturated heterocycles. The molecule has 0 aliphatic heterocycles. The second-order valence-corrected chi connectivity index (χ2v) is 2.33. The van der Waals surface area contributed by atoms with E-state index in [-0.39, 0.29) is 63.9 Å². The van der Waals surface area contributed by atoms with Gasteiger partial charge in [-0.1, -0.05) is 30.0 Å². The maximum atomic E-state index is 11.1. The van der Waals surface area contributed by atoms with Crippen molar-refractivity contribution in [3.63, 3.8) is 0 Å². The van der Waals surface area contributed by atoms with Crippen molar-refractivity contribution in [1.82, 2.24) is 4.98 Å². The Bertz CT molecular complexity index is 384. The Morgan fingerprint density at radius 1 is 1.08 bits per heavy atom. The quantitative estimate of drug-likeness (QED) is 0.541. The monoisotopic (exact) mass is 229 g/mol. The first-order valence-electron chi connectivity index (χ1n) is 3.39. The van der Waals surface area contributed by atoms with Crippen LogP contribution in [0.25, 0.3) is 10.9 Å². The summed E-state index contributed by atoms with van der Waals surface area (Å²) in [5.41, 5.74) is 0.551. The van der Waals surface area contributed by atoms with Gasteiger partial charge in [-0.05, 0) is 11.5 Å². The van der Waals surface area contributed by atoms with Crippen molar-refractivity contribution in [3.05, 3.63) is 36.5 Å². The van der Waals surface area contributed by atoms with Crippen molar-refractivity contribution in [2.24, 2.45) is 0 Å². The Kier molecular flexibility index (Phi) is 3.84. The van der Waals surface area contributed by atoms with Gasteiger partial charge < -0.3 is 5.11 Å². The summed E-state index contributed by atoms with van der Waals surface area (Å²) in [5, 5.41) is 12.0. The second kappa shape index (κ2) is 4.47. The summed E-state index contributed by atoms with van der Waals surface area (Å²) in [4.78, 5) is 3.97. The van der Waals surface area contributed by atoms with Crippen LogP contribution >= 0.6 is 0 Å². The molecule has 54 valence electrons. The van der Waals surface area contributed by atoms with Gasteiger partial charge in [-0.3, -0.25) is 4.98 Å². The van der Waals surface area contributed by atoms with Gasteiger partial charge in [0.15, 0.2) is 0 Å². The number of pyridine rings is 1. The van der Waals surface area contributed by atoms with Gasteiger partial charge in [-0.15, -0.1) is 0 Å². The Morgan fingerprint density at radius 2 is 1.83 bits per heavy atom. The Balaban J connectivity index is 0.000000720. The first kappa shape index (κ1) is 10.3. The van der Waals surface area contributed by atoms with Crippen molar-refractivity contribution in [3.8, 4) is 5.75 Å². The van der Waals surface area contributed by atoms with Gasteiger partial charge in [0.1, 0.15) is 0 Å². The van der Waals surface area contributed by atoms with Crippen LogP contribution in [0, 0.1) is 0 Å². The summed E-state index contributed by atoms with van der Waals surface area (Å²) < 4.78 is 0. The average Bonchev–Trinajstić information content (AvgIpc) is 2.06. The average molecular weight is 230 g/mol. The van der Waals surface area contributed by atoms with Gasteiger partial charge in [0, 0.05) is 6.20 Å². The van der Waals surface area contributed by atoms with E-state index >= 15 is 0 Å². The number of hydrogen-bond acceptors (Lipinski definition) is 2. The fourth-order valence-corrected chi connectivity index (χ4v) is 1.08. The molecular formula is C9H6NORb. The fourth-order valence-electron chi connectivity index (χ4n) is 1.08. The molecule has 0 atom stereocenters. The van der Waals surface area contributed by atoms with E-state index in [1.54, 1.807) is 12.3 Å². The third-order valence-corrected chi connectivity index (χ3v) is 1.60. The fraction of sp³-hybridized carbons (Fsp3) is 0. The van der Waals surface area contributed by atoms with Crippen LogP contribution in [0.1, 0.15) is 0 Å². The van der Waals surface area contributed by atoms with Crippen LogP contribution in [0.4, 0.5) is 0 Å². The minimum absolute atomic E-state index is 0. The predicted octanol–water partition coefficient (Wildman–Crippen LogP) is -1.69. The van der Waals surface area contributed by atoms with Gasteiger partial charge in [-0.25, -0.2) is 0 Å². The third-order valence-electron chi connectivity index (χ3n) is 1.60. The summed E-state index contributed by atoms with van der Waals surface area (Å²) in [6.07, 6.45) is 1.63. The molecule has 0 fully saturated rings. The minimum atomic E-state index is -0.0110. The molecule has 0 spiro atoms. The molecule has 2 nitrogen and oxygen atoms in total. The van der Waals surface area contributed by atoms with E-state index < -0.39 is 0 Å². The van der Waals surface area contributed by atoms with E-state index in [2.05, 4.69) is 4.98 Å². The smallest absolute Gasteiger partial charge is 0.871 e. The van der Waals surface area contributed by atoms with E-state index in [1.807, 2.05) is 18.2 Å². The number of nitrogens with zero attached hydrogens (tertiary/aromatic N) is 1. The standard InChI is InChI=1S/C9H7NO.Rb/c11-8-5-1-3-7-4-2-6-10-9(7)8;/h1-6,11H;/q;+1/p-1. The molecule has 3 heteroatoms. The van der Waals surface area contributed by atoms with E-state index in [0.29, 0.717) is 5.52 Å². The largest absolute Gasteiger partial charge is 1.00 e. The molecular weight excluding hydrogens is 224 g/mol. The molecule has 12 heavy (non-hydrogen) atoms. The third kappa shape index (κ3) is 1.94. The first-order chi connectivity index (χ1) is 5.38. The molecule has 1 aromatic carbocycles. The molecule has 0 aliphatic carbocycles. The van der Waals surface area contributed by atoms with Gasteiger partial charge >= 0.3 is 58.2 Å². The molecule has 0 N–H and O–H groups in total. The van der Waals surface area contributed by atoms with E-state index in [1.165, 1.54) is 6.07 Å². The van der Waals surface area contributed by atoms with Gasteiger partial charge in [0.2, 0.25) is 0 Å². The van der Waals surface area contributed by atoms with Crippen molar-refractivity contribution in [1.29, 1.82) is 0 Å². The minimum Gasteiger partial charge on any atom is -0.871 e. The Labute approximate surface area is 119 Å². The summed E-state index contributed by atoms with van der Waals surface area (Å²) in [5.74, 6) is -0.0110. The maximum absolute atomic E-state index is 11.1. The number of para-hydroxylation sites is 1. The summed E-state index contributed by atoms with van der Waals surface area (Å²) in [6, 6.07) is 8.84. The SMILES string of the molecule is [O-]c1cccc2cccnc12.[Rb+]. The molecule has 0 aliphatic rings. The Morgan fingerprint density at radius 3 is 2.58 bits per heavy atom. The first-order valence-corrected chi connectivity index (χ1v) is 3.39. The zero-order valence-corrected chi connectivity index (χ0v) is 11.7. The van der Waals surface area contributed by atoms with Crippen molar-refractivity contribution >= 4 is 10.9 Å². The summed E-state index contributed by atoms with van der Waals surface area (Å²) in [6.45, 7) is 0. The normalized spacial score (nSPS) is 9.33. The van der Waals surface area contributed by atoms with Crippen LogP contribution in [-0.4, -0.2) is 4.98 Å². The molecule has 0 radical (unpaired) electrons. The summed E-state index contributed by atoms with van der Waals surface area (Å²) in [7, 11) is 0. The topological polar surface area (TPSA) is 36.0 Å². The number of aromatic nitrogens is 1. The van der Waals surface area contributed by atoms with Crippen LogP contribution < -0.4 is 63.3 Å². The van der Waals surface area contributed by atoms with E-state index in [4.69, 9.17) is 0 Å².